The van der Waals surface area contributed by atoms with Crippen molar-refractivity contribution < 1.29 is 0 Å². The molecule has 5 nitrogen and oxygen atoms in total. The molecule has 0 bridgehead atoms. The Balaban J connectivity index is 1.84. The van der Waals surface area contributed by atoms with Crippen LogP contribution in [0.1, 0.15) is 45.1 Å². The van der Waals surface area contributed by atoms with E-state index in [9.17, 15) is 4.79 Å². The molecule has 1 aromatic carbocycles. The molecule has 138 valence electrons. The van der Waals surface area contributed by atoms with Gasteiger partial charge < -0.3 is 10.2 Å². The first kappa shape index (κ1) is 18.2. The molecule has 0 radical (unpaired) electrons. The Hall–Kier alpha value is -1.59. The molecule has 0 spiro atoms. The molecule has 2 heterocycles. The molecule has 3 rings (SSSR count). The summed E-state index contributed by atoms with van der Waals surface area (Å²) in [7, 11) is 1.97. The molecule has 0 aliphatic carbocycles. The zero-order chi connectivity index (χ0) is 17.6. The first-order valence-electron chi connectivity index (χ1n) is 9.83. The third kappa shape index (κ3) is 3.98. The Kier molecular flexibility index (Phi) is 6.32. The topological polar surface area (TPSA) is 42.2 Å². The highest BCUT2D eigenvalue weighted by Crippen LogP contribution is 2.22. The van der Waals surface area contributed by atoms with Crippen LogP contribution in [-0.4, -0.2) is 47.3 Å². The van der Waals surface area contributed by atoms with E-state index in [1.165, 1.54) is 25.9 Å². The second-order valence-corrected chi connectivity index (χ2v) is 7.15. The van der Waals surface area contributed by atoms with Gasteiger partial charge in [-0.2, -0.15) is 0 Å². The Morgan fingerprint density at radius 3 is 2.52 bits per heavy atom. The van der Waals surface area contributed by atoms with Crippen molar-refractivity contribution in [3.8, 4) is 0 Å². The van der Waals surface area contributed by atoms with Crippen LogP contribution in [0.15, 0.2) is 29.1 Å². The fraction of sp³-hybridized carbons (Fsp3) is 0.650. The largest absolute Gasteiger partial charge is 0.329 e. The summed E-state index contributed by atoms with van der Waals surface area (Å²) in [6, 6.07) is 8.52. The van der Waals surface area contributed by atoms with Gasteiger partial charge in [0.15, 0.2) is 0 Å². The summed E-state index contributed by atoms with van der Waals surface area (Å²) in [6.45, 7) is 7.46. The van der Waals surface area contributed by atoms with Crippen LogP contribution < -0.4 is 11.0 Å². The monoisotopic (exact) mass is 344 g/mol. The van der Waals surface area contributed by atoms with Gasteiger partial charge in [-0.25, -0.2) is 4.79 Å². The third-order valence-electron chi connectivity index (χ3n) is 5.49. The van der Waals surface area contributed by atoms with Crippen molar-refractivity contribution in [3.63, 3.8) is 0 Å². The van der Waals surface area contributed by atoms with E-state index in [-0.39, 0.29) is 11.7 Å². The van der Waals surface area contributed by atoms with E-state index >= 15 is 0 Å². The van der Waals surface area contributed by atoms with E-state index in [0.717, 1.165) is 49.9 Å². The average Bonchev–Trinajstić information content (AvgIpc) is 3.24. The molecule has 0 amide bonds. The van der Waals surface area contributed by atoms with Crippen molar-refractivity contribution in [2.24, 2.45) is 0 Å². The van der Waals surface area contributed by atoms with Crippen molar-refractivity contribution in [2.75, 3.05) is 33.2 Å². The number of aromatic nitrogens is 2. The van der Waals surface area contributed by atoms with Crippen molar-refractivity contribution in [3.05, 3.63) is 34.7 Å². The lowest BCUT2D eigenvalue weighted by Crippen LogP contribution is -2.30. The lowest BCUT2D eigenvalue weighted by Gasteiger charge is -2.16. The van der Waals surface area contributed by atoms with E-state index in [1.54, 1.807) is 0 Å². The first-order chi connectivity index (χ1) is 12.3. The predicted octanol–water partition coefficient (Wildman–Crippen LogP) is 2.85. The van der Waals surface area contributed by atoms with Crippen LogP contribution in [0, 0.1) is 0 Å². The van der Waals surface area contributed by atoms with Gasteiger partial charge in [0.2, 0.25) is 0 Å². The number of hydrogen-bond acceptors (Lipinski definition) is 3. The van der Waals surface area contributed by atoms with Crippen LogP contribution in [0.4, 0.5) is 0 Å². The summed E-state index contributed by atoms with van der Waals surface area (Å²) in [6.07, 6.45) is 5.64. The lowest BCUT2D eigenvalue weighted by atomic mass is 10.1. The van der Waals surface area contributed by atoms with Crippen LogP contribution in [0.2, 0.25) is 0 Å². The van der Waals surface area contributed by atoms with Gasteiger partial charge in [-0.3, -0.25) is 9.13 Å². The zero-order valence-electron chi connectivity index (χ0n) is 15.7. The van der Waals surface area contributed by atoms with Crippen LogP contribution in [-0.2, 0) is 6.54 Å². The number of aryl methyl sites for hydroxylation is 1. The molecular formula is C20H32N4O. The summed E-state index contributed by atoms with van der Waals surface area (Å²) in [4.78, 5) is 15.7. The van der Waals surface area contributed by atoms with E-state index in [0.29, 0.717) is 0 Å². The number of imidazole rings is 1. The first-order valence-corrected chi connectivity index (χ1v) is 9.83. The molecule has 1 saturated heterocycles. The second-order valence-electron chi connectivity index (χ2n) is 7.15. The minimum atomic E-state index is 0.158. The molecule has 5 heteroatoms. The highest BCUT2D eigenvalue weighted by atomic mass is 16.1. The van der Waals surface area contributed by atoms with Crippen molar-refractivity contribution in [2.45, 2.75) is 51.6 Å². The minimum Gasteiger partial charge on any atom is -0.320 e. The fourth-order valence-electron chi connectivity index (χ4n) is 4.09. The van der Waals surface area contributed by atoms with Gasteiger partial charge in [0, 0.05) is 12.6 Å². The highest BCUT2D eigenvalue weighted by Gasteiger charge is 2.19. The smallest absolute Gasteiger partial charge is 0.320 e. The molecule has 2 aromatic rings. The SMILES string of the molecule is CCC(CCNC)n1c(=O)n(CCCN2CCCC2)c2ccccc21. The molecule has 1 aliphatic heterocycles. The van der Waals surface area contributed by atoms with Crippen molar-refractivity contribution in [1.82, 2.24) is 19.4 Å². The number of para-hydroxylation sites is 2. The predicted molar refractivity (Wildman–Crippen MR) is 104 cm³/mol. The third-order valence-corrected chi connectivity index (χ3v) is 5.49. The van der Waals surface area contributed by atoms with Crippen LogP contribution >= 0.6 is 0 Å². The number of benzene rings is 1. The lowest BCUT2D eigenvalue weighted by molar-refractivity contribution is 0.324. The Labute approximate surface area is 150 Å². The maximum Gasteiger partial charge on any atom is 0.329 e. The summed E-state index contributed by atoms with van der Waals surface area (Å²) < 4.78 is 4.02. The normalized spacial score (nSPS) is 16.7. The van der Waals surface area contributed by atoms with E-state index in [1.807, 2.05) is 28.3 Å². The summed E-state index contributed by atoms with van der Waals surface area (Å²) >= 11 is 0. The van der Waals surface area contributed by atoms with Crippen molar-refractivity contribution >= 4 is 11.0 Å². The molecule has 1 aromatic heterocycles. The Bertz CT molecular complexity index is 727. The zero-order valence-corrected chi connectivity index (χ0v) is 15.7. The second kappa shape index (κ2) is 8.68. The van der Waals surface area contributed by atoms with Crippen molar-refractivity contribution in [1.29, 1.82) is 0 Å². The molecular weight excluding hydrogens is 312 g/mol. The van der Waals surface area contributed by atoms with Crippen LogP contribution in [0.25, 0.3) is 11.0 Å². The molecule has 1 atom stereocenters. The summed E-state index contributed by atoms with van der Waals surface area (Å²) in [5.74, 6) is 0. The average molecular weight is 345 g/mol. The van der Waals surface area contributed by atoms with E-state index < -0.39 is 0 Å². The van der Waals surface area contributed by atoms with Gasteiger partial charge in [-0.1, -0.05) is 19.1 Å². The molecule has 1 aliphatic rings. The van der Waals surface area contributed by atoms with Crippen LogP contribution in [0.5, 0.6) is 0 Å². The number of likely N-dealkylation sites (tertiary alicyclic amines) is 1. The number of nitrogens with zero attached hydrogens (tertiary/aromatic N) is 3. The van der Waals surface area contributed by atoms with Gasteiger partial charge in [0.1, 0.15) is 0 Å². The number of nitrogens with one attached hydrogen (secondary N) is 1. The number of hydrogen-bond donors (Lipinski definition) is 1. The molecule has 25 heavy (non-hydrogen) atoms. The summed E-state index contributed by atoms with van der Waals surface area (Å²) in [5.41, 5.74) is 2.32. The maximum absolute atomic E-state index is 13.2. The molecule has 0 saturated carbocycles. The Morgan fingerprint density at radius 2 is 1.84 bits per heavy atom. The Morgan fingerprint density at radius 1 is 1.12 bits per heavy atom. The van der Waals surface area contributed by atoms with Gasteiger partial charge in [0.25, 0.3) is 0 Å². The molecule has 1 fully saturated rings. The standard InChI is InChI=1S/C20H32N4O/c1-3-17(11-12-21-2)24-19-10-5-4-9-18(19)23(20(24)25)16-8-15-22-13-6-7-14-22/h4-5,9-10,17,21H,3,6-8,11-16H2,1-2H3. The van der Waals surface area contributed by atoms with E-state index in [2.05, 4.69) is 29.3 Å². The molecule has 1 unspecified atom stereocenters. The number of rotatable bonds is 9. The minimum absolute atomic E-state index is 0.158. The fourth-order valence-corrected chi connectivity index (χ4v) is 4.09. The van der Waals surface area contributed by atoms with E-state index in [4.69, 9.17) is 0 Å². The van der Waals surface area contributed by atoms with Crippen LogP contribution in [0.3, 0.4) is 0 Å². The summed E-state index contributed by atoms with van der Waals surface area (Å²) in [5, 5.41) is 3.21. The van der Waals surface area contributed by atoms with Gasteiger partial charge >= 0.3 is 5.69 Å². The molecule has 1 N–H and O–H groups in total. The van der Waals surface area contributed by atoms with Gasteiger partial charge in [-0.15, -0.1) is 0 Å². The van der Waals surface area contributed by atoms with Gasteiger partial charge in [0.05, 0.1) is 11.0 Å². The van der Waals surface area contributed by atoms with Gasteiger partial charge in [-0.05, 0) is 77.5 Å². The maximum atomic E-state index is 13.2. The quantitative estimate of drug-likeness (QED) is 0.761. The highest BCUT2D eigenvalue weighted by molar-refractivity contribution is 5.76. The number of fused-ring (bicyclic) bond motifs is 1.